The molecule has 1 fully saturated rings. The van der Waals surface area contributed by atoms with Gasteiger partial charge in [0.25, 0.3) is 0 Å². The van der Waals surface area contributed by atoms with E-state index in [0.29, 0.717) is 24.9 Å². The average molecular weight is 458 g/mol. The molecule has 1 aliphatic heterocycles. The Morgan fingerprint density at radius 1 is 1.03 bits per heavy atom. The summed E-state index contributed by atoms with van der Waals surface area (Å²) in [5, 5.41) is 1.25. The molecule has 0 bridgehead atoms. The molecule has 1 N–H and O–H groups in total. The first-order chi connectivity index (χ1) is 15.5. The highest BCUT2D eigenvalue weighted by Crippen LogP contribution is 2.39. The van der Waals surface area contributed by atoms with Gasteiger partial charge in [0.1, 0.15) is 0 Å². The van der Waals surface area contributed by atoms with Crippen LogP contribution < -0.4 is 0 Å². The zero-order valence-corrected chi connectivity index (χ0v) is 20.2. The fraction of sp³-hybridized carbons (Fsp3) is 0.519. The molecule has 1 aromatic carbocycles. The summed E-state index contributed by atoms with van der Waals surface area (Å²) in [5.41, 5.74) is 8.06. The van der Waals surface area contributed by atoms with Gasteiger partial charge in [-0.05, 0) is 87.0 Å². The van der Waals surface area contributed by atoms with E-state index in [-0.39, 0.29) is 6.54 Å². The van der Waals surface area contributed by atoms with E-state index in [0.717, 1.165) is 41.0 Å². The summed E-state index contributed by atoms with van der Waals surface area (Å²) in [6, 6.07) is 10.9. The average Bonchev–Trinajstić information content (AvgIpc) is 3.12. The Kier molecular flexibility index (Phi) is 6.59. The number of hydrogen-bond donors (Lipinski definition) is 1. The number of benzene rings is 1. The van der Waals surface area contributed by atoms with Crippen molar-refractivity contribution in [2.45, 2.75) is 65.5 Å². The fourth-order valence-corrected chi connectivity index (χ4v) is 5.23. The van der Waals surface area contributed by atoms with Crippen molar-refractivity contribution in [2.75, 3.05) is 19.6 Å². The van der Waals surface area contributed by atoms with Gasteiger partial charge >= 0.3 is 6.18 Å². The molecule has 1 unspecified atom stereocenters. The van der Waals surface area contributed by atoms with Gasteiger partial charge in [-0.25, -0.2) is 0 Å². The first kappa shape index (κ1) is 23.8. The number of fused-ring (bicyclic) bond motifs is 1. The first-order valence-corrected chi connectivity index (χ1v) is 11.9. The van der Waals surface area contributed by atoms with E-state index in [1.54, 1.807) is 0 Å². The molecule has 1 saturated heterocycles. The molecule has 4 rings (SSSR count). The van der Waals surface area contributed by atoms with E-state index in [4.69, 9.17) is 0 Å². The van der Waals surface area contributed by atoms with Gasteiger partial charge in [-0.15, -0.1) is 0 Å². The number of nitrogens with one attached hydrogen (secondary N) is 1. The van der Waals surface area contributed by atoms with Gasteiger partial charge in [-0.1, -0.05) is 26.8 Å². The Morgan fingerprint density at radius 3 is 2.24 bits per heavy atom. The summed E-state index contributed by atoms with van der Waals surface area (Å²) in [7, 11) is 0. The van der Waals surface area contributed by atoms with Crippen molar-refractivity contribution >= 4 is 10.9 Å². The Labute approximate surface area is 194 Å². The Bertz CT molecular complexity index is 1100. The van der Waals surface area contributed by atoms with Gasteiger partial charge in [0.15, 0.2) is 0 Å². The van der Waals surface area contributed by atoms with Gasteiger partial charge in [-0.3, -0.25) is 4.98 Å². The van der Waals surface area contributed by atoms with Crippen LogP contribution in [0.4, 0.5) is 13.2 Å². The van der Waals surface area contributed by atoms with E-state index in [1.165, 1.54) is 23.4 Å². The number of halogens is 3. The molecule has 1 aliphatic rings. The molecule has 178 valence electrons. The second-order valence-corrected chi connectivity index (χ2v) is 10.0. The number of aromatic nitrogens is 2. The number of likely N-dealkylation sites (tertiary alicyclic amines) is 1. The molecule has 2 aromatic heterocycles. The zero-order valence-electron chi connectivity index (χ0n) is 20.2. The third-order valence-corrected chi connectivity index (χ3v) is 6.96. The van der Waals surface area contributed by atoms with Gasteiger partial charge in [0.05, 0.1) is 11.6 Å². The molecule has 3 aromatic rings. The molecule has 3 nitrogen and oxygen atoms in total. The van der Waals surface area contributed by atoms with Crippen LogP contribution in [0.15, 0.2) is 30.3 Å². The summed E-state index contributed by atoms with van der Waals surface area (Å²) in [6.45, 7) is 11.3. The van der Waals surface area contributed by atoms with Crippen molar-refractivity contribution in [1.82, 2.24) is 14.9 Å². The quantitative estimate of drug-likeness (QED) is 0.434. The lowest BCUT2D eigenvalue weighted by atomic mass is 9.87. The highest BCUT2D eigenvalue weighted by atomic mass is 19.4. The van der Waals surface area contributed by atoms with Gasteiger partial charge < -0.3 is 9.88 Å². The van der Waals surface area contributed by atoms with Crippen LogP contribution in [-0.2, 0) is 0 Å². The summed E-state index contributed by atoms with van der Waals surface area (Å²) in [6.07, 6.45) is -2.33. The molecule has 0 radical (unpaired) electrons. The number of hydrogen-bond acceptors (Lipinski definition) is 2. The van der Waals surface area contributed by atoms with Crippen LogP contribution in [-0.4, -0.2) is 40.7 Å². The fourth-order valence-electron chi connectivity index (χ4n) is 5.23. The molecule has 33 heavy (non-hydrogen) atoms. The number of pyridine rings is 1. The summed E-state index contributed by atoms with van der Waals surface area (Å²) in [4.78, 5) is 10.1. The Hall–Kier alpha value is -2.34. The third-order valence-electron chi connectivity index (χ3n) is 6.96. The highest BCUT2D eigenvalue weighted by molar-refractivity contribution is 5.92. The molecular weight excluding hydrogens is 423 g/mol. The summed E-state index contributed by atoms with van der Waals surface area (Å²) >= 11 is 0. The molecule has 1 atom stereocenters. The molecule has 6 heteroatoms. The largest absolute Gasteiger partial charge is 0.392 e. The minimum absolute atomic E-state index is 0.0959. The number of piperidine rings is 1. The second-order valence-electron chi connectivity index (χ2n) is 10.0. The van der Waals surface area contributed by atoms with Crippen LogP contribution in [0, 0.1) is 19.8 Å². The van der Waals surface area contributed by atoms with Crippen molar-refractivity contribution in [1.29, 1.82) is 0 Å². The molecule has 0 spiro atoms. The number of alkyl halides is 3. The Balaban J connectivity index is 1.59. The number of aromatic amines is 1. The predicted molar refractivity (Wildman–Crippen MR) is 129 cm³/mol. The van der Waals surface area contributed by atoms with Crippen molar-refractivity contribution < 1.29 is 13.2 Å². The highest BCUT2D eigenvalue weighted by Gasteiger charge is 2.37. The van der Waals surface area contributed by atoms with E-state index in [1.807, 2.05) is 18.7 Å². The lowest BCUT2D eigenvalue weighted by molar-refractivity contribution is -0.174. The van der Waals surface area contributed by atoms with Gasteiger partial charge in [0, 0.05) is 34.4 Å². The summed E-state index contributed by atoms with van der Waals surface area (Å²) in [5.74, 6) is -0.545. The molecule has 0 amide bonds. The number of aryl methyl sites for hydroxylation is 2. The molecular formula is C27H34F3N3. The predicted octanol–water partition coefficient (Wildman–Crippen LogP) is 7.35. The van der Waals surface area contributed by atoms with E-state index >= 15 is 0 Å². The second kappa shape index (κ2) is 9.13. The molecule has 3 heterocycles. The van der Waals surface area contributed by atoms with E-state index < -0.39 is 12.1 Å². The van der Waals surface area contributed by atoms with Crippen LogP contribution in [0.3, 0.4) is 0 Å². The SMILES string of the molecule is Cc1cc(-c2[nH]c3ccc(C4CCN(CC(C)C(F)(F)F)CC4)cc3c2C(C)C)cc(C)n1. The summed E-state index contributed by atoms with van der Waals surface area (Å²) < 4.78 is 38.8. The van der Waals surface area contributed by atoms with Crippen molar-refractivity contribution in [3.63, 3.8) is 0 Å². The van der Waals surface area contributed by atoms with Gasteiger partial charge in [-0.2, -0.15) is 13.2 Å². The lowest BCUT2D eigenvalue weighted by Gasteiger charge is -2.34. The van der Waals surface area contributed by atoms with Crippen LogP contribution in [0.1, 0.15) is 68.0 Å². The maximum absolute atomic E-state index is 12.9. The Morgan fingerprint density at radius 2 is 1.67 bits per heavy atom. The third kappa shape index (κ3) is 5.11. The van der Waals surface area contributed by atoms with Crippen molar-refractivity contribution in [3.05, 3.63) is 52.8 Å². The van der Waals surface area contributed by atoms with Crippen molar-refractivity contribution in [2.24, 2.45) is 5.92 Å². The van der Waals surface area contributed by atoms with Crippen LogP contribution in [0.2, 0.25) is 0 Å². The van der Waals surface area contributed by atoms with Crippen LogP contribution in [0.5, 0.6) is 0 Å². The minimum atomic E-state index is -4.12. The zero-order chi connectivity index (χ0) is 23.9. The normalized spacial score (nSPS) is 17.2. The number of nitrogens with zero attached hydrogens (tertiary/aromatic N) is 2. The maximum atomic E-state index is 12.9. The lowest BCUT2D eigenvalue weighted by Crippen LogP contribution is -2.39. The maximum Gasteiger partial charge on any atom is 0.392 e. The van der Waals surface area contributed by atoms with Crippen LogP contribution >= 0.6 is 0 Å². The topological polar surface area (TPSA) is 31.9 Å². The first-order valence-electron chi connectivity index (χ1n) is 11.9. The smallest absolute Gasteiger partial charge is 0.354 e. The van der Waals surface area contributed by atoms with E-state index in [2.05, 4.69) is 54.1 Å². The standard InChI is InChI=1S/C27H34F3N3/c1-16(2)25-23-14-21(20-8-10-33(11-9-20)15-17(3)27(28,29)30)6-7-24(23)32-26(25)22-12-18(4)31-19(5)13-22/h6-7,12-14,16-17,20,32H,8-11,15H2,1-5H3. The minimum Gasteiger partial charge on any atom is -0.354 e. The molecule has 0 aliphatic carbocycles. The molecule has 0 saturated carbocycles. The monoisotopic (exact) mass is 457 g/mol. The van der Waals surface area contributed by atoms with Crippen molar-refractivity contribution in [3.8, 4) is 11.3 Å². The van der Waals surface area contributed by atoms with E-state index in [9.17, 15) is 13.2 Å². The van der Waals surface area contributed by atoms with Gasteiger partial charge in [0.2, 0.25) is 0 Å². The number of H-pyrrole nitrogens is 1. The van der Waals surface area contributed by atoms with Crippen LogP contribution in [0.25, 0.3) is 22.2 Å². The number of rotatable bonds is 5.